The third-order valence-electron chi connectivity index (χ3n) is 11.0. The number of anilines is 3. The largest absolute Gasteiger partial charge is 0.453 e. The van der Waals surface area contributed by atoms with Crippen molar-refractivity contribution < 1.29 is 4.74 Å². The number of benzene rings is 9. The molecule has 0 bridgehead atoms. The van der Waals surface area contributed by atoms with Crippen LogP contribution in [0, 0.1) is 0 Å². The van der Waals surface area contributed by atoms with E-state index >= 15 is 0 Å². The van der Waals surface area contributed by atoms with Gasteiger partial charge in [0.2, 0.25) is 0 Å². The molecular weight excluding hydrogens is 669 g/mol. The van der Waals surface area contributed by atoms with Crippen LogP contribution in [0.5, 0.6) is 11.5 Å². The van der Waals surface area contributed by atoms with Crippen LogP contribution in [-0.2, 0) is 0 Å². The number of rotatable bonds is 6. The van der Waals surface area contributed by atoms with Crippen LogP contribution in [-0.4, -0.2) is 4.57 Å². The fraction of sp³-hybridized carbons (Fsp3) is 0. The van der Waals surface area contributed by atoms with Crippen molar-refractivity contribution in [1.29, 1.82) is 0 Å². The molecule has 258 valence electrons. The molecule has 9 aromatic carbocycles. The molecule has 0 saturated heterocycles. The van der Waals surface area contributed by atoms with Gasteiger partial charge < -0.3 is 14.2 Å². The average molecular weight is 703 g/mol. The summed E-state index contributed by atoms with van der Waals surface area (Å²) in [5.41, 5.74) is 13.8. The van der Waals surface area contributed by atoms with Gasteiger partial charge in [0.15, 0.2) is 11.5 Å². The molecule has 0 aliphatic carbocycles. The normalized spacial score (nSPS) is 11.8. The number of para-hydroxylation sites is 4. The Morgan fingerprint density at radius 2 is 1.00 bits per heavy atom. The van der Waals surface area contributed by atoms with Gasteiger partial charge in [0.1, 0.15) is 0 Å². The summed E-state index contributed by atoms with van der Waals surface area (Å²) in [5, 5.41) is 4.90. The minimum atomic E-state index is 0.876. The lowest BCUT2D eigenvalue weighted by molar-refractivity contribution is 0.476. The maximum absolute atomic E-state index is 6.36. The Kier molecular flexibility index (Phi) is 7.17. The summed E-state index contributed by atoms with van der Waals surface area (Å²) in [5.74, 6) is 1.76. The Bertz CT molecular complexity index is 3050. The SMILES string of the molecule is c1ccc(-c2ccccc2N(c2ccc(-c3ccc4ccccc4c3)cc2)c2ccc(-c3ccc4c(c3)c3cccc5c3n4-c3ccccc3O5)cc2)cc1. The molecule has 0 unspecified atom stereocenters. The second-order valence-corrected chi connectivity index (χ2v) is 14.2. The van der Waals surface area contributed by atoms with Gasteiger partial charge in [-0.2, -0.15) is 0 Å². The molecule has 11 rings (SSSR count). The van der Waals surface area contributed by atoms with E-state index in [9.17, 15) is 0 Å². The van der Waals surface area contributed by atoms with E-state index in [2.05, 4.69) is 204 Å². The molecule has 55 heavy (non-hydrogen) atoms. The van der Waals surface area contributed by atoms with Crippen molar-refractivity contribution in [3.05, 3.63) is 206 Å². The predicted octanol–water partition coefficient (Wildman–Crippen LogP) is 14.5. The summed E-state index contributed by atoms with van der Waals surface area (Å²) in [6.07, 6.45) is 0. The molecule has 1 aliphatic heterocycles. The van der Waals surface area contributed by atoms with E-state index in [4.69, 9.17) is 4.74 Å². The predicted molar refractivity (Wildman–Crippen MR) is 229 cm³/mol. The number of aromatic nitrogens is 1. The molecule has 0 spiro atoms. The summed E-state index contributed by atoms with van der Waals surface area (Å²) in [6, 6.07) is 74.0. The Morgan fingerprint density at radius 1 is 0.382 bits per heavy atom. The third-order valence-corrected chi connectivity index (χ3v) is 11.0. The standard InChI is InChI=1S/C52H34N2O/c1-2-12-38(13-3-1)44-15-6-7-17-47(44)53(42-28-23-36(24-29-42)40-22-21-35-11-4-5-14-39(35)33-40)43-30-25-37(26-31-43)41-27-32-48-46(34-41)45-16-10-20-51-52(45)54(48)49-18-8-9-19-50(49)55-51/h1-34H. The zero-order valence-corrected chi connectivity index (χ0v) is 29.9. The van der Waals surface area contributed by atoms with Gasteiger partial charge in [-0.1, -0.05) is 140 Å². The molecule has 0 atom stereocenters. The summed E-state index contributed by atoms with van der Waals surface area (Å²) in [6.45, 7) is 0. The van der Waals surface area contributed by atoms with Gasteiger partial charge in [-0.05, 0) is 105 Å². The van der Waals surface area contributed by atoms with Crippen molar-refractivity contribution in [2.45, 2.75) is 0 Å². The topological polar surface area (TPSA) is 17.4 Å². The first kappa shape index (κ1) is 31.2. The fourth-order valence-electron chi connectivity index (χ4n) is 8.33. The van der Waals surface area contributed by atoms with Crippen LogP contribution in [0.1, 0.15) is 0 Å². The Hall–Kier alpha value is -7.36. The van der Waals surface area contributed by atoms with Crippen molar-refractivity contribution in [3.63, 3.8) is 0 Å². The van der Waals surface area contributed by atoms with Gasteiger partial charge in [0.25, 0.3) is 0 Å². The highest BCUT2D eigenvalue weighted by atomic mass is 16.5. The van der Waals surface area contributed by atoms with E-state index in [0.717, 1.165) is 45.3 Å². The number of nitrogens with zero attached hydrogens (tertiary/aromatic N) is 2. The van der Waals surface area contributed by atoms with Crippen LogP contribution in [0.3, 0.4) is 0 Å². The molecule has 2 heterocycles. The van der Waals surface area contributed by atoms with E-state index in [1.54, 1.807) is 0 Å². The average Bonchev–Trinajstić information content (AvgIpc) is 3.60. The van der Waals surface area contributed by atoms with Gasteiger partial charge in [0, 0.05) is 27.7 Å². The highest BCUT2D eigenvalue weighted by Gasteiger charge is 2.24. The smallest absolute Gasteiger partial charge is 0.152 e. The summed E-state index contributed by atoms with van der Waals surface area (Å²) >= 11 is 0. The van der Waals surface area contributed by atoms with Gasteiger partial charge in [-0.15, -0.1) is 0 Å². The highest BCUT2D eigenvalue weighted by Crippen LogP contribution is 2.46. The van der Waals surface area contributed by atoms with Crippen molar-refractivity contribution >= 4 is 49.6 Å². The van der Waals surface area contributed by atoms with Gasteiger partial charge in [-0.25, -0.2) is 0 Å². The van der Waals surface area contributed by atoms with Crippen molar-refractivity contribution in [2.75, 3.05) is 4.90 Å². The molecule has 3 heteroatoms. The quantitative estimate of drug-likeness (QED) is 0.172. The monoisotopic (exact) mass is 702 g/mol. The number of fused-ring (bicyclic) bond motifs is 6. The number of hydrogen-bond donors (Lipinski definition) is 0. The van der Waals surface area contributed by atoms with E-state index in [1.807, 2.05) is 12.1 Å². The first-order valence-electron chi connectivity index (χ1n) is 18.8. The number of hydrogen-bond acceptors (Lipinski definition) is 2. The first-order valence-corrected chi connectivity index (χ1v) is 18.8. The molecular formula is C52H34N2O. The van der Waals surface area contributed by atoms with E-state index < -0.39 is 0 Å². The Labute approximate surface area is 319 Å². The summed E-state index contributed by atoms with van der Waals surface area (Å²) < 4.78 is 8.70. The van der Waals surface area contributed by atoms with Gasteiger partial charge in [0.05, 0.1) is 22.4 Å². The second-order valence-electron chi connectivity index (χ2n) is 14.2. The molecule has 0 fully saturated rings. The third kappa shape index (κ3) is 5.20. The lowest BCUT2D eigenvalue weighted by Gasteiger charge is -2.28. The van der Waals surface area contributed by atoms with Crippen molar-refractivity contribution in [2.24, 2.45) is 0 Å². The highest BCUT2D eigenvalue weighted by molar-refractivity contribution is 6.13. The lowest BCUT2D eigenvalue weighted by Crippen LogP contribution is -2.11. The molecule has 1 aromatic heterocycles. The van der Waals surface area contributed by atoms with E-state index in [0.29, 0.717) is 0 Å². The first-order chi connectivity index (χ1) is 27.3. The zero-order valence-electron chi connectivity index (χ0n) is 29.9. The van der Waals surface area contributed by atoms with E-state index in [1.165, 1.54) is 54.9 Å². The van der Waals surface area contributed by atoms with Gasteiger partial charge >= 0.3 is 0 Å². The molecule has 0 N–H and O–H groups in total. The van der Waals surface area contributed by atoms with Crippen LogP contribution in [0.25, 0.3) is 71.6 Å². The van der Waals surface area contributed by atoms with Crippen LogP contribution in [0.2, 0.25) is 0 Å². The van der Waals surface area contributed by atoms with Crippen LogP contribution in [0.15, 0.2) is 206 Å². The van der Waals surface area contributed by atoms with Gasteiger partial charge in [-0.3, -0.25) is 0 Å². The maximum Gasteiger partial charge on any atom is 0.152 e. The molecule has 0 saturated carbocycles. The Morgan fingerprint density at radius 3 is 1.80 bits per heavy atom. The molecule has 1 aliphatic rings. The molecule has 3 nitrogen and oxygen atoms in total. The molecule has 10 aromatic rings. The summed E-state index contributed by atoms with van der Waals surface area (Å²) in [7, 11) is 0. The minimum absolute atomic E-state index is 0.876. The minimum Gasteiger partial charge on any atom is -0.453 e. The van der Waals surface area contributed by atoms with Crippen LogP contribution in [0.4, 0.5) is 17.1 Å². The van der Waals surface area contributed by atoms with Crippen LogP contribution >= 0.6 is 0 Å². The Balaban J connectivity index is 1.01. The van der Waals surface area contributed by atoms with Crippen LogP contribution < -0.4 is 9.64 Å². The van der Waals surface area contributed by atoms with Crippen molar-refractivity contribution in [1.82, 2.24) is 4.57 Å². The second kappa shape index (κ2) is 12.6. The zero-order chi connectivity index (χ0) is 36.3. The number of ether oxygens (including phenoxy) is 1. The maximum atomic E-state index is 6.36. The van der Waals surface area contributed by atoms with E-state index in [-0.39, 0.29) is 0 Å². The molecule has 0 amide bonds. The molecule has 0 radical (unpaired) electrons. The fourth-order valence-corrected chi connectivity index (χ4v) is 8.33. The van der Waals surface area contributed by atoms with Crippen molar-refractivity contribution in [3.8, 4) is 50.6 Å². The summed E-state index contributed by atoms with van der Waals surface area (Å²) in [4.78, 5) is 2.38. The lowest BCUT2D eigenvalue weighted by atomic mass is 9.99.